The van der Waals surface area contributed by atoms with Crippen molar-refractivity contribution in [2.75, 3.05) is 4.90 Å². The Morgan fingerprint density at radius 2 is 1.07 bits per heavy atom. The standard InChI is InChI=1S/C28H27N/c1-21(2)28-22(3)11-10-16-27(28)23-17-19-26(20-18-23)29(24-12-6-4-7-13-24)25-14-8-5-9-15-25/h4-21H,1-3H3. The van der Waals surface area contributed by atoms with Crippen LogP contribution in [0.1, 0.15) is 30.9 Å². The fourth-order valence-corrected chi connectivity index (χ4v) is 4.09. The summed E-state index contributed by atoms with van der Waals surface area (Å²) in [6.07, 6.45) is 0. The monoisotopic (exact) mass is 377 g/mol. The first-order valence-corrected chi connectivity index (χ1v) is 10.3. The van der Waals surface area contributed by atoms with Gasteiger partial charge < -0.3 is 4.90 Å². The molecule has 0 bridgehead atoms. The van der Waals surface area contributed by atoms with Gasteiger partial charge in [0.2, 0.25) is 0 Å². The first-order chi connectivity index (χ1) is 14.1. The van der Waals surface area contributed by atoms with Gasteiger partial charge in [0.05, 0.1) is 0 Å². The maximum Gasteiger partial charge on any atom is 0.0462 e. The molecule has 0 aliphatic heterocycles. The molecule has 144 valence electrons. The Hall–Kier alpha value is -3.32. The number of nitrogens with zero attached hydrogens (tertiary/aromatic N) is 1. The molecule has 0 N–H and O–H groups in total. The molecule has 1 heteroatoms. The maximum absolute atomic E-state index is 2.30. The topological polar surface area (TPSA) is 3.24 Å². The second-order valence-electron chi connectivity index (χ2n) is 7.74. The smallest absolute Gasteiger partial charge is 0.0462 e. The van der Waals surface area contributed by atoms with Crippen molar-refractivity contribution in [3.8, 4) is 11.1 Å². The molecular formula is C28H27N. The van der Waals surface area contributed by atoms with Crippen LogP contribution in [0.25, 0.3) is 11.1 Å². The number of hydrogen-bond donors (Lipinski definition) is 0. The van der Waals surface area contributed by atoms with E-state index in [1.807, 2.05) is 0 Å². The average Bonchev–Trinajstić information content (AvgIpc) is 2.75. The molecule has 0 amide bonds. The summed E-state index contributed by atoms with van der Waals surface area (Å²) >= 11 is 0. The molecule has 1 nitrogen and oxygen atoms in total. The minimum Gasteiger partial charge on any atom is -0.311 e. The molecular weight excluding hydrogens is 350 g/mol. The van der Waals surface area contributed by atoms with Crippen molar-refractivity contribution >= 4 is 17.1 Å². The number of benzene rings is 4. The largest absolute Gasteiger partial charge is 0.311 e. The Balaban J connectivity index is 1.77. The number of hydrogen-bond acceptors (Lipinski definition) is 1. The molecule has 0 aliphatic carbocycles. The molecule has 0 radical (unpaired) electrons. The lowest BCUT2D eigenvalue weighted by molar-refractivity contribution is 0.859. The predicted molar refractivity (Wildman–Crippen MR) is 125 cm³/mol. The van der Waals surface area contributed by atoms with Gasteiger partial charge in [0.15, 0.2) is 0 Å². The summed E-state index contributed by atoms with van der Waals surface area (Å²) in [6.45, 7) is 6.75. The second-order valence-corrected chi connectivity index (χ2v) is 7.74. The van der Waals surface area contributed by atoms with E-state index in [1.54, 1.807) is 0 Å². The van der Waals surface area contributed by atoms with Gasteiger partial charge in [-0.05, 0) is 71.5 Å². The van der Waals surface area contributed by atoms with Crippen LogP contribution < -0.4 is 4.90 Å². The maximum atomic E-state index is 2.30. The zero-order valence-corrected chi connectivity index (χ0v) is 17.3. The third-order valence-corrected chi connectivity index (χ3v) is 5.37. The van der Waals surface area contributed by atoms with Crippen LogP contribution in [0.2, 0.25) is 0 Å². The Bertz CT molecular complexity index is 1020. The van der Waals surface area contributed by atoms with Crippen LogP contribution in [0, 0.1) is 6.92 Å². The Labute approximate surface area is 174 Å². The van der Waals surface area contributed by atoms with E-state index >= 15 is 0 Å². The van der Waals surface area contributed by atoms with E-state index in [0.29, 0.717) is 5.92 Å². The molecule has 0 saturated heterocycles. The van der Waals surface area contributed by atoms with Crippen LogP contribution >= 0.6 is 0 Å². The number of para-hydroxylation sites is 2. The van der Waals surface area contributed by atoms with Crippen LogP contribution in [-0.4, -0.2) is 0 Å². The Morgan fingerprint density at radius 1 is 0.552 bits per heavy atom. The molecule has 0 aliphatic rings. The molecule has 4 aromatic rings. The van der Waals surface area contributed by atoms with Crippen LogP contribution in [0.3, 0.4) is 0 Å². The average molecular weight is 378 g/mol. The Kier molecular flexibility index (Phi) is 5.48. The van der Waals surface area contributed by atoms with Gasteiger partial charge in [-0.25, -0.2) is 0 Å². The summed E-state index contributed by atoms with van der Waals surface area (Å²) in [6, 6.07) is 36.6. The van der Waals surface area contributed by atoms with Gasteiger partial charge in [0.1, 0.15) is 0 Å². The lowest BCUT2D eigenvalue weighted by atomic mass is 9.89. The van der Waals surface area contributed by atoms with Crippen LogP contribution in [-0.2, 0) is 0 Å². The molecule has 0 fully saturated rings. The molecule has 0 atom stereocenters. The van der Waals surface area contributed by atoms with E-state index in [4.69, 9.17) is 0 Å². The van der Waals surface area contributed by atoms with Crippen LogP contribution in [0.15, 0.2) is 103 Å². The summed E-state index contributed by atoms with van der Waals surface area (Å²) < 4.78 is 0. The summed E-state index contributed by atoms with van der Waals surface area (Å²) in [5, 5.41) is 0. The van der Waals surface area contributed by atoms with Crippen molar-refractivity contribution in [3.05, 3.63) is 114 Å². The number of rotatable bonds is 5. The van der Waals surface area contributed by atoms with E-state index in [0.717, 1.165) is 17.1 Å². The van der Waals surface area contributed by atoms with Crippen molar-refractivity contribution in [3.63, 3.8) is 0 Å². The molecule has 0 spiro atoms. The van der Waals surface area contributed by atoms with Crippen molar-refractivity contribution < 1.29 is 0 Å². The molecule has 0 heterocycles. The van der Waals surface area contributed by atoms with E-state index in [-0.39, 0.29) is 0 Å². The van der Waals surface area contributed by atoms with E-state index < -0.39 is 0 Å². The van der Waals surface area contributed by atoms with E-state index in [1.165, 1.54) is 22.3 Å². The highest BCUT2D eigenvalue weighted by atomic mass is 15.1. The number of anilines is 3. The zero-order chi connectivity index (χ0) is 20.2. The van der Waals surface area contributed by atoms with Gasteiger partial charge in [-0.1, -0.05) is 80.6 Å². The van der Waals surface area contributed by atoms with Gasteiger partial charge in [-0.2, -0.15) is 0 Å². The predicted octanol–water partition coefficient (Wildman–Crippen LogP) is 8.26. The van der Waals surface area contributed by atoms with Gasteiger partial charge in [-0.15, -0.1) is 0 Å². The van der Waals surface area contributed by atoms with Gasteiger partial charge in [0, 0.05) is 17.1 Å². The summed E-state index contributed by atoms with van der Waals surface area (Å²) in [5.41, 5.74) is 8.86. The summed E-state index contributed by atoms with van der Waals surface area (Å²) in [4.78, 5) is 2.30. The normalized spacial score (nSPS) is 10.9. The molecule has 0 saturated carbocycles. The molecule has 0 unspecified atom stereocenters. The molecule has 0 aromatic heterocycles. The minimum atomic E-state index is 0.496. The van der Waals surface area contributed by atoms with Crippen LogP contribution in [0.4, 0.5) is 17.1 Å². The summed E-state index contributed by atoms with van der Waals surface area (Å²) in [7, 11) is 0. The molecule has 4 rings (SSSR count). The van der Waals surface area contributed by atoms with Crippen molar-refractivity contribution in [1.29, 1.82) is 0 Å². The quantitative estimate of drug-likeness (QED) is 0.338. The molecule has 4 aromatic carbocycles. The Morgan fingerprint density at radius 3 is 1.59 bits per heavy atom. The lowest BCUT2D eigenvalue weighted by Gasteiger charge is -2.25. The zero-order valence-electron chi connectivity index (χ0n) is 17.3. The minimum absolute atomic E-state index is 0.496. The molecule has 29 heavy (non-hydrogen) atoms. The highest BCUT2D eigenvalue weighted by Gasteiger charge is 2.14. The van der Waals surface area contributed by atoms with E-state index in [9.17, 15) is 0 Å². The third-order valence-electron chi connectivity index (χ3n) is 5.37. The SMILES string of the molecule is Cc1cccc(-c2ccc(N(c3ccccc3)c3ccccc3)cc2)c1C(C)C. The van der Waals surface area contributed by atoms with Crippen molar-refractivity contribution in [2.45, 2.75) is 26.7 Å². The van der Waals surface area contributed by atoms with Crippen molar-refractivity contribution in [1.82, 2.24) is 0 Å². The second kappa shape index (κ2) is 8.36. The van der Waals surface area contributed by atoms with Gasteiger partial charge >= 0.3 is 0 Å². The fraction of sp³-hybridized carbons (Fsp3) is 0.143. The third kappa shape index (κ3) is 3.95. The van der Waals surface area contributed by atoms with Crippen LogP contribution in [0.5, 0.6) is 0 Å². The van der Waals surface area contributed by atoms with Gasteiger partial charge in [0.25, 0.3) is 0 Å². The number of aryl methyl sites for hydroxylation is 1. The summed E-state index contributed by atoms with van der Waals surface area (Å²) in [5.74, 6) is 0.496. The fourth-order valence-electron chi connectivity index (χ4n) is 4.09. The lowest BCUT2D eigenvalue weighted by Crippen LogP contribution is -2.09. The van der Waals surface area contributed by atoms with E-state index in [2.05, 4.69) is 129 Å². The first-order valence-electron chi connectivity index (χ1n) is 10.3. The highest BCUT2D eigenvalue weighted by molar-refractivity contribution is 5.79. The van der Waals surface area contributed by atoms with Crippen molar-refractivity contribution in [2.24, 2.45) is 0 Å². The van der Waals surface area contributed by atoms with Gasteiger partial charge in [-0.3, -0.25) is 0 Å². The highest BCUT2D eigenvalue weighted by Crippen LogP contribution is 2.37. The first kappa shape index (κ1) is 19.0.